The Morgan fingerprint density at radius 3 is 2.42 bits per heavy atom. The topological polar surface area (TPSA) is 87.5 Å². The molecule has 0 unspecified atom stereocenters. The van der Waals surface area contributed by atoms with E-state index in [1.54, 1.807) is 12.1 Å². The molecule has 3 saturated heterocycles. The maximum absolute atomic E-state index is 13.9. The van der Waals surface area contributed by atoms with Gasteiger partial charge in [-0.3, -0.25) is 14.4 Å². The molecule has 0 saturated carbocycles. The van der Waals surface area contributed by atoms with E-state index in [-0.39, 0.29) is 17.6 Å². The van der Waals surface area contributed by atoms with E-state index in [4.69, 9.17) is 4.74 Å². The second kappa shape index (κ2) is 8.11. The summed E-state index contributed by atoms with van der Waals surface area (Å²) in [5.74, 6) is -1.51. The SMILES string of the molecule is C[C@@]12CC[C@@](CCCC(=O)c3ccccc3)(O1)[C@H]1C(=O)N(c3ccc(C#N)c4ccccc34)C(=O)[C@H]12. The van der Waals surface area contributed by atoms with Crippen molar-refractivity contribution in [3.63, 3.8) is 0 Å². The van der Waals surface area contributed by atoms with Crippen LogP contribution in [0.2, 0.25) is 0 Å². The van der Waals surface area contributed by atoms with Crippen molar-refractivity contribution in [3.05, 3.63) is 77.9 Å². The number of carbonyl (C=O) groups excluding carboxylic acids is 3. The van der Waals surface area contributed by atoms with Crippen LogP contribution in [0.15, 0.2) is 66.7 Å². The van der Waals surface area contributed by atoms with Crippen LogP contribution >= 0.6 is 0 Å². The quantitative estimate of drug-likeness (QED) is 0.359. The largest absolute Gasteiger partial charge is 0.367 e. The smallest absolute Gasteiger partial charge is 0.240 e. The Balaban J connectivity index is 1.31. The highest BCUT2D eigenvalue weighted by Crippen LogP contribution is 2.62. The lowest BCUT2D eigenvalue weighted by Crippen LogP contribution is -2.42. The average Bonchev–Trinajstić information content (AvgIpc) is 3.48. The summed E-state index contributed by atoms with van der Waals surface area (Å²) in [6.07, 6.45) is 2.93. The summed E-state index contributed by atoms with van der Waals surface area (Å²) in [6, 6.07) is 22.1. The Labute approximate surface area is 209 Å². The number of hydrogen-bond acceptors (Lipinski definition) is 5. The zero-order valence-electron chi connectivity index (χ0n) is 20.1. The predicted octanol–water partition coefficient (Wildman–Crippen LogP) is 5.19. The van der Waals surface area contributed by atoms with Crippen LogP contribution in [0, 0.1) is 23.2 Å². The van der Waals surface area contributed by atoms with Gasteiger partial charge in [0.25, 0.3) is 0 Å². The lowest BCUT2D eigenvalue weighted by molar-refractivity contribution is -0.130. The minimum absolute atomic E-state index is 0.0711. The van der Waals surface area contributed by atoms with Gasteiger partial charge in [-0.2, -0.15) is 5.26 Å². The van der Waals surface area contributed by atoms with Crippen molar-refractivity contribution in [2.24, 2.45) is 11.8 Å². The number of carbonyl (C=O) groups is 3. The Morgan fingerprint density at radius 1 is 0.972 bits per heavy atom. The molecule has 3 heterocycles. The molecule has 6 nitrogen and oxygen atoms in total. The van der Waals surface area contributed by atoms with Gasteiger partial charge in [-0.25, -0.2) is 4.90 Å². The Kier molecular flexibility index (Phi) is 5.10. The molecule has 0 aliphatic carbocycles. The van der Waals surface area contributed by atoms with Gasteiger partial charge < -0.3 is 4.74 Å². The van der Waals surface area contributed by atoms with Crippen molar-refractivity contribution in [2.45, 2.75) is 50.2 Å². The van der Waals surface area contributed by atoms with Crippen LogP contribution in [-0.4, -0.2) is 28.8 Å². The zero-order valence-corrected chi connectivity index (χ0v) is 20.1. The lowest BCUT2D eigenvalue weighted by atomic mass is 9.67. The standard InChI is InChI=1S/C30H26N2O4/c1-29-16-17-30(36-29,15-7-12-24(33)19-8-3-2-4-9-19)26-25(29)27(34)32(28(26)35)23-14-13-20(18-31)21-10-5-6-11-22(21)23/h2-6,8-11,13-14,25-26H,7,12,15-17H2,1H3/t25-,26+,29-,30+/m0/s1. The second-order valence-corrected chi connectivity index (χ2v) is 10.4. The highest BCUT2D eigenvalue weighted by molar-refractivity contribution is 6.26. The number of nitrogens with zero attached hydrogens (tertiary/aromatic N) is 2. The summed E-state index contributed by atoms with van der Waals surface area (Å²) in [5.41, 5.74) is 0.274. The lowest BCUT2D eigenvalue weighted by Gasteiger charge is -2.31. The minimum atomic E-state index is -0.736. The monoisotopic (exact) mass is 478 g/mol. The third-order valence-corrected chi connectivity index (χ3v) is 8.37. The molecule has 36 heavy (non-hydrogen) atoms. The fourth-order valence-electron chi connectivity index (χ4n) is 6.74. The molecule has 2 amide bonds. The van der Waals surface area contributed by atoms with Crippen LogP contribution in [0.25, 0.3) is 10.8 Å². The first kappa shape index (κ1) is 22.6. The van der Waals surface area contributed by atoms with Gasteiger partial charge in [0.1, 0.15) is 0 Å². The molecule has 3 aromatic rings. The molecule has 0 aromatic heterocycles. The summed E-state index contributed by atoms with van der Waals surface area (Å²) < 4.78 is 6.53. The van der Waals surface area contributed by atoms with Gasteiger partial charge in [0.05, 0.1) is 40.4 Å². The summed E-state index contributed by atoms with van der Waals surface area (Å²) in [4.78, 5) is 41.7. The van der Waals surface area contributed by atoms with E-state index in [9.17, 15) is 19.6 Å². The van der Waals surface area contributed by atoms with Crippen LogP contribution in [0.3, 0.4) is 0 Å². The molecule has 4 atom stereocenters. The van der Waals surface area contributed by atoms with Gasteiger partial charge in [-0.05, 0) is 44.7 Å². The van der Waals surface area contributed by atoms with Gasteiger partial charge >= 0.3 is 0 Å². The Morgan fingerprint density at radius 2 is 1.67 bits per heavy atom. The number of benzene rings is 3. The van der Waals surface area contributed by atoms with E-state index < -0.39 is 23.0 Å². The van der Waals surface area contributed by atoms with E-state index in [2.05, 4.69) is 6.07 Å². The highest BCUT2D eigenvalue weighted by atomic mass is 16.5. The van der Waals surface area contributed by atoms with Crippen LogP contribution in [-0.2, 0) is 14.3 Å². The molecule has 3 aliphatic rings. The van der Waals surface area contributed by atoms with Crippen LogP contribution in [0.1, 0.15) is 54.9 Å². The number of fused-ring (bicyclic) bond motifs is 6. The number of rotatable bonds is 6. The molecule has 3 aliphatic heterocycles. The summed E-state index contributed by atoms with van der Waals surface area (Å²) >= 11 is 0. The third kappa shape index (κ3) is 3.16. The van der Waals surface area contributed by atoms with E-state index in [1.807, 2.05) is 61.5 Å². The molecule has 0 radical (unpaired) electrons. The zero-order chi connectivity index (χ0) is 25.1. The first-order valence-corrected chi connectivity index (χ1v) is 12.5. The van der Waals surface area contributed by atoms with Crippen LogP contribution < -0.4 is 4.90 Å². The number of nitriles is 1. The van der Waals surface area contributed by atoms with E-state index in [1.165, 1.54) is 4.90 Å². The predicted molar refractivity (Wildman–Crippen MR) is 134 cm³/mol. The van der Waals surface area contributed by atoms with Crippen molar-refractivity contribution in [2.75, 3.05) is 4.90 Å². The number of ether oxygens (including phenoxy) is 1. The maximum atomic E-state index is 13.9. The molecular weight excluding hydrogens is 452 g/mol. The molecule has 0 spiro atoms. The van der Waals surface area contributed by atoms with Gasteiger partial charge in [0.2, 0.25) is 11.8 Å². The number of ketones is 1. The molecule has 6 heteroatoms. The van der Waals surface area contributed by atoms with E-state index >= 15 is 0 Å². The fourth-order valence-corrected chi connectivity index (χ4v) is 6.74. The number of hydrogen-bond donors (Lipinski definition) is 0. The molecule has 180 valence electrons. The van der Waals surface area contributed by atoms with Crippen molar-refractivity contribution in [1.29, 1.82) is 5.26 Å². The first-order valence-electron chi connectivity index (χ1n) is 12.5. The molecule has 3 fully saturated rings. The number of Topliss-reactive ketones (excluding diaryl/α,β-unsaturated/α-hetero) is 1. The van der Waals surface area contributed by atoms with Gasteiger partial charge in [0, 0.05) is 22.8 Å². The summed E-state index contributed by atoms with van der Waals surface area (Å²) in [7, 11) is 0. The average molecular weight is 479 g/mol. The number of imide groups is 1. The van der Waals surface area contributed by atoms with Gasteiger partial charge in [-0.15, -0.1) is 0 Å². The highest BCUT2D eigenvalue weighted by Gasteiger charge is 2.73. The molecule has 0 N–H and O–H groups in total. The minimum Gasteiger partial charge on any atom is -0.367 e. The maximum Gasteiger partial charge on any atom is 0.240 e. The normalized spacial score (nSPS) is 28.5. The Hall–Kier alpha value is -3.82. The van der Waals surface area contributed by atoms with Crippen molar-refractivity contribution >= 4 is 34.1 Å². The summed E-state index contributed by atoms with van der Waals surface area (Å²) in [5, 5.41) is 11.0. The molecular formula is C30H26N2O4. The Bertz CT molecular complexity index is 1460. The van der Waals surface area contributed by atoms with E-state index in [0.717, 1.165) is 5.39 Å². The van der Waals surface area contributed by atoms with Crippen molar-refractivity contribution < 1.29 is 19.1 Å². The molecule has 2 bridgehead atoms. The number of anilines is 1. The number of amides is 2. The first-order chi connectivity index (χ1) is 17.4. The van der Waals surface area contributed by atoms with Crippen molar-refractivity contribution in [3.8, 4) is 6.07 Å². The van der Waals surface area contributed by atoms with Crippen LogP contribution in [0.5, 0.6) is 0 Å². The molecule has 6 rings (SSSR count). The second-order valence-electron chi connectivity index (χ2n) is 10.4. The van der Waals surface area contributed by atoms with E-state index in [0.29, 0.717) is 54.3 Å². The third-order valence-electron chi connectivity index (χ3n) is 8.37. The van der Waals surface area contributed by atoms with Crippen molar-refractivity contribution in [1.82, 2.24) is 0 Å². The molecule has 3 aromatic carbocycles. The van der Waals surface area contributed by atoms with Gasteiger partial charge in [-0.1, -0.05) is 54.6 Å². The fraction of sp³-hybridized carbons (Fsp3) is 0.333. The van der Waals surface area contributed by atoms with Crippen LogP contribution in [0.4, 0.5) is 5.69 Å². The van der Waals surface area contributed by atoms with Gasteiger partial charge in [0.15, 0.2) is 5.78 Å². The summed E-state index contributed by atoms with van der Waals surface area (Å²) in [6.45, 7) is 1.94.